The Morgan fingerprint density at radius 3 is 2.70 bits per heavy atom. The molecule has 1 aromatic heterocycles. The van der Waals surface area contributed by atoms with E-state index in [1.165, 1.54) is 0 Å². The molecule has 0 atom stereocenters. The van der Waals surface area contributed by atoms with Gasteiger partial charge in [0, 0.05) is 14.1 Å². The standard InChI is InChI=1S/C19H20N4O3S/c1-4-25-18(24)12-8-5-6-9-13(12)20-19(27)21-17-16-14(23(2)3)10-7-11-15(16)26-22-17/h5-11H,4H2,1-3H3,(H2,20,21,22,27). The lowest BCUT2D eigenvalue weighted by molar-refractivity contribution is 0.0527. The van der Waals surface area contributed by atoms with E-state index in [0.717, 1.165) is 11.1 Å². The molecule has 0 amide bonds. The van der Waals surface area contributed by atoms with E-state index >= 15 is 0 Å². The van der Waals surface area contributed by atoms with Crippen molar-refractivity contribution in [1.82, 2.24) is 5.16 Å². The van der Waals surface area contributed by atoms with Crippen LogP contribution in [0.3, 0.4) is 0 Å². The number of carbonyl (C=O) groups excluding carboxylic acids is 1. The number of esters is 1. The number of anilines is 3. The van der Waals surface area contributed by atoms with Crippen LogP contribution >= 0.6 is 12.2 Å². The summed E-state index contributed by atoms with van der Waals surface area (Å²) in [5.41, 5.74) is 2.56. The Balaban J connectivity index is 1.84. The number of hydrogen-bond acceptors (Lipinski definition) is 6. The van der Waals surface area contributed by atoms with E-state index in [4.69, 9.17) is 21.5 Å². The van der Waals surface area contributed by atoms with Crippen molar-refractivity contribution < 1.29 is 14.1 Å². The fourth-order valence-electron chi connectivity index (χ4n) is 2.67. The Morgan fingerprint density at radius 1 is 1.19 bits per heavy atom. The van der Waals surface area contributed by atoms with Crippen LogP contribution in [0.5, 0.6) is 0 Å². The van der Waals surface area contributed by atoms with E-state index in [2.05, 4.69) is 15.8 Å². The zero-order valence-corrected chi connectivity index (χ0v) is 16.1. The van der Waals surface area contributed by atoms with Crippen molar-refractivity contribution in [3.05, 3.63) is 48.0 Å². The Bertz CT molecular complexity index is 984. The number of fused-ring (bicyclic) bond motifs is 1. The van der Waals surface area contributed by atoms with Crippen molar-refractivity contribution in [2.75, 3.05) is 36.2 Å². The summed E-state index contributed by atoms with van der Waals surface area (Å²) >= 11 is 5.40. The molecule has 3 aromatic rings. The Morgan fingerprint density at radius 2 is 1.96 bits per heavy atom. The summed E-state index contributed by atoms with van der Waals surface area (Å²) in [4.78, 5) is 14.1. The van der Waals surface area contributed by atoms with Crippen molar-refractivity contribution in [2.45, 2.75) is 6.92 Å². The van der Waals surface area contributed by atoms with Crippen LogP contribution in [-0.4, -0.2) is 36.9 Å². The molecule has 2 aromatic carbocycles. The Hall–Kier alpha value is -3.13. The lowest BCUT2D eigenvalue weighted by atomic mass is 10.2. The van der Waals surface area contributed by atoms with Crippen LogP contribution in [0, 0.1) is 0 Å². The Kier molecular flexibility index (Phi) is 5.56. The molecule has 1 heterocycles. The van der Waals surface area contributed by atoms with E-state index in [-0.39, 0.29) is 5.11 Å². The lowest BCUT2D eigenvalue weighted by Gasteiger charge is -2.15. The maximum Gasteiger partial charge on any atom is 0.340 e. The van der Waals surface area contributed by atoms with E-state index in [9.17, 15) is 4.79 Å². The highest BCUT2D eigenvalue weighted by atomic mass is 32.1. The quantitative estimate of drug-likeness (QED) is 0.507. The summed E-state index contributed by atoms with van der Waals surface area (Å²) in [6.07, 6.45) is 0. The monoisotopic (exact) mass is 384 g/mol. The molecule has 0 spiro atoms. The molecule has 7 nitrogen and oxygen atoms in total. The Labute approximate surface area is 162 Å². The summed E-state index contributed by atoms with van der Waals surface area (Å²) in [6, 6.07) is 12.7. The molecule has 0 aliphatic carbocycles. The second kappa shape index (κ2) is 8.05. The van der Waals surface area contributed by atoms with Gasteiger partial charge in [0.25, 0.3) is 0 Å². The topological polar surface area (TPSA) is 79.6 Å². The first kappa shape index (κ1) is 18.7. The molecule has 2 N–H and O–H groups in total. The van der Waals surface area contributed by atoms with Crippen molar-refractivity contribution in [1.29, 1.82) is 0 Å². The van der Waals surface area contributed by atoms with E-state index in [0.29, 0.717) is 29.3 Å². The predicted molar refractivity (Wildman–Crippen MR) is 111 cm³/mol. The van der Waals surface area contributed by atoms with Crippen LogP contribution in [-0.2, 0) is 4.74 Å². The molecule has 0 saturated carbocycles. The fraction of sp³-hybridized carbons (Fsp3) is 0.211. The van der Waals surface area contributed by atoms with E-state index < -0.39 is 5.97 Å². The first-order chi connectivity index (χ1) is 13.0. The van der Waals surface area contributed by atoms with Crippen molar-refractivity contribution in [3.8, 4) is 0 Å². The number of nitrogens with one attached hydrogen (secondary N) is 2. The van der Waals surface area contributed by atoms with Crippen LogP contribution in [0.1, 0.15) is 17.3 Å². The highest BCUT2D eigenvalue weighted by Crippen LogP contribution is 2.32. The van der Waals surface area contributed by atoms with Crippen LogP contribution in [0.2, 0.25) is 0 Å². The summed E-state index contributed by atoms with van der Waals surface area (Å²) in [5.74, 6) is 0.0885. The minimum Gasteiger partial charge on any atom is -0.462 e. The lowest BCUT2D eigenvalue weighted by Crippen LogP contribution is -2.21. The van der Waals surface area contributed by atoms with Gasteiger partial charge in [-0.25, -0.2) is 4.79 Å². The maximum atomic E-state index is 12.1. The first-order valence-corrected chi connectivity index (χ1v) is 8.82. The number of para-hydroxylation sites is 1. The number of thiocarbonyl (C=S) groups is 1. The number of nitrogens with zero attached hydrogens (tertiary/aromatic N) is 2. The second-order valence-corrected chi connectivity index (χ2v) is 6.33. The molecule has 0 aliphatic heterocycles. The van der Waals surface area contributed by atoms with Gasteiger partial charge in [-0.1, -0.05) is 23.4 Å². The van der Waals surface area contributed by atoms with Crippen LogP contribution in [0.25, 0.3) is 11.0 Å². The molecule has 0 fully saturated rings. The number of hydrogen-bond donors (Lipinski definition) is 2. The molecule has 140 valence electrons. The maximum absolute atomic E-state index is 12.1. The van der Waals surface area contributed by atoms with Crippen molar-refractivity contribution in [3.63, 3.8) is 0 Å². The number of ether oxygens (including phenoxy) is 1. The molecule has 0 unspecified atom stereocenters. The van der Waals surface area contributed by atoms with Gasteiger partial charge in [-0.3, -0.25) is 0 Å². The molecule has 0 aliphatic rings. The number of benzene rings is 2. The van der Waals surface area contributed by atoms with Crippen LogP contribution in [0.4, 0.5) is 17.2 Å². The van der Waals surface area contributed by atoms with Crippen molar-refractivity contribution >= 4 is 51.5 Å². The second-order valence-electron chi connectivity index (χ2n) is 5.92. The number of carbonyl (C=O) groups is 1. The fourth-order valence-corrected chi connectivity index (χ4v) is 2.88. The third-order valence-electron chi connectivity index (χ3n) is 3.86. The SMILES string of the molecule is CCOC(=O)c1ccccc1NC(=S)Nc1noc2cccc(N(C)C)c12. The third-order valence-corrected chi connectivity index (χ3v) is 4.06. The molecular weight excluding hydrogens is 364 g/mol. The molecule has 3 rings (SSSR count). The van der Waals surface area contributed by atoms with Crippen LogP contribution < -0.4 is 15.5 Å². The molecule has 0 bridgehead atoms. The first-order valence-electron chi connectivity index (χ1n) is 8.41. The molecule has 8 heteroatoms. The van der Waals surface area contributed by atoms with Gasteiger partial charge in [0.15, 0.2) is 16.5 Å². The normalized spacial score (nSPS) is 10.5. The van der Waals surface area contributed by atoms with Gasteiger partial charge in [0.1, 0.15) is 0 Å². The van der Waals surface area contributed by atoms with Gasteiger partial charge < -0.3 is 24.8 Å². The highest BCUT2D eigenvalue weighted by molar-refractivity contribution is 7.80. The van der Waals surface area contributed by atoms with Gasteiger partial charge in [-0.15, -0.1) is 0 Å². The van der Waals surface area contributed by atoms with E-state index in [1.54, 1.807) is 25.1 Å². The summed E-state index contributed by atoms with van der Waals surface area (Å²) in [7, 11) is 3.88. The molecule has 0 radical (unpaired) electrons. The predicted octanol–water partition coefficient (Wildman–Crippen LogP) is 3.88. The average molecular weight is 384 g/mol. The minimum atomic E-state index is -0.412. The van der Waals surface area contributed by atoms with Gasteiger partial charge in [-0.2, -0.15) is 0 Å². The summed E-state index contributed by atoms with van der Waals surface area (Å²) in [6.45, 7) is 2.06. The van der Waals surface area contributed by atoms with Crippen molar-refractivity contribution in [2.24, 2.45) is 0 Å². The van der Waals surface area contributed by atoms with Crippen LogP contribution in [0.15, 0.2) is 47.0 Å². The molecule has 27 heavy (non-hydrogen) atoms. The minimum absolute atomic E-state index is 0.288. The zero-order chi connectivity index (χ0) is 19.4. The third kappa shape index (κ3) is 4.01. The zero-order valence-electron chi connectivity index (χ0n) is 15.3. The number of rotatable bonds is 5. The van der Waals surface area contributed by atoms with Gasteiger partial charge >= 0.3 is 5.97 Å². The summed E-state index contributed by atoms with van der Waals surface area (Å²) in [5, 5.41) is 11.3. The summed E-state index contributed by atoms with van der Waals surface area (Å²) < 4.78 is 10.5. The van der Waals surface area contributed by atoms with Gasteiger partial charge in [0.05, 0.1) is 28.9 Å². The average Bonchev–Trinajstić information content (AvgIpc) is 3.05. The van der Waals surface area contributed by atoms with E-state index in [1.807, 2.05) is 43.3 Å². The highest BCUT2D eigenvalue weighted by Gasteiger charge is 2.16. The molecule has 0 saturated heterocycles. The molecular formula is C19H20N4O3S. The largest absolute Gasteiger partial charge is 0.462 e. The van der Waals surface area contributed by atoms with Gasteiger partial charge in [-0.05, 0) is 43.4 Å². The smallest absolute Gasteiger partial charge is 0.340 e. The van der Waals surface area contributed by atoms with Gasteiger partial charge in [0.2, 0.25) is 0 Å². The number of aromatic nitrogens is 1.